The number of carboxylic acids is 1. The zero-order valence-corrected chi connectivity index (χ0v) is 54.6. The first-order chi connectivity index (χ1) is 40.5. The number of aliphatic hydroxyl groups excluding tert-OH is 1. The lowest BCUT2D eigenvalue weighted by Gasteiger charge is -2.15. The molecule has 2 N–H and O–H groups in total. The van der Waals surface area contributed by atoms with Crippen molar-refractivity contribution in [3.8, 4) is 44.5 Å². The lowest BCUT2D eigenvalue weighted by atomic mass is 10.0. The number of rotatable bonds is 10. The second kappa shape index (κ2) is 27.1. The molecule has 12 aromatic rings. The first kappa shape index (κ1) is 61.7. The molecule has 0 fully saturated rings. The van der Waals surface area contributed by atoms with Crippen LogP contribution in [0.4, 0.5) is 0 Å². The summed E-state index contributed by atoms with van der Waals surface area (Å²) in [6, 6.07) is 30.8. The molecule has 0 unspecified atom stereocenters. The Morgan fingerprint density at radius 1 is 0.553 bits per heavy atom. The number of aromatic nitrogens is 11. The van der Waals surface area contributed by atoms with Crippen molar-refractivity contribution in [3.63, 3.8) is 0 Å². The average molecular weight is 1470 g/mol. The third kappa shape index (κ3) is 13.4. The lowest BCUT2D eigenvalue weighted by molar-refractivity contribution is 0.0696. The van der Waals surface area contributed by atoms with Gasteiger partial charge in [-0.25, -0.2) is 4.79 Å². The van der Waals surface area contributed by atoms with Gasteiger partial charge in [-0.3, -0.25) is 29.9 Å². The topological polar surface area (TPSA) is 223 Å². The van der Waals surface area contributed by atoms with Gasteiger partial charge in [0.2, 0.25) is 0 Å². The number of hydrogen-bond acceptors (Lipinski definition) is 14. The third-order valence-electron chi connectivity index (χ3n) is 14.6. The summed E-state index contributed by atoms with van der Waals surface area (Å²) in [4.78, 5) is 38.3. The predicted octanol–water partition coefficient (Wildman–Crippen LogP) is 16.0. The van der Waals surface area contributed by atoms with Crippen LogP contribution < -0.4 is 0 Å². The molecule has 1 aliphatic rings. The summed E-state index contributed by atoms with van der Waals surface area (Å²) >= 11 is 4.67. The number of fused-ring (bicyclic) bond motifs is 3. The number of hydrogen-bond donors (Lipinski definition) is 2. The number of allylic oxidation sites excluding steroid dienone is 1. The average Bonchev–Trinajstić information content (AvgIpc) is 2.91. The summed E-state index contributed by atoms with van der Waals surface area (Å²) in [5.74, 6) is 1.46. The maximum absolute atomic E-state index is 11.3. The molecule has 0 aliphatic heterocycles. The molecule has 11 heterocycles. The van der Waals surface area contributed by atoms with Crippen molar-refractivity contribution in [1.29, 1.82) is 0 Å². The number of pyridine rings is 6. The highest BCUT2D eigenvalue weighted by Gasteiger charge is 2.23. The first-order valence-corrected chi connectivity index (χ1v) is 29.2. The van der Waals surface area contributed by atoms with Gasteiger partial charge in [-0.1, -0.05) is 51.9 Å². The number of nitrogens with zero attached hydrogens (tertiary/aromatic N) is 11. The maximum Gasteiger partial charge on any atom is 0.335 e. The molecule has 11 aromatic heterocycles. The molecule has 0 saturated heterocycles. The molecule has 0 bridgehead atoms. The van der Waals surface area contributed by atoms with Crippen LogP contribution in [0.1, 0.15) is 112 Å². The molecule has 3 atom stereocenters. The number of carboxylic acid groups (broad SMARTS) is 1. The number of aryl methyl sites for hydroxylation is 6. The molecule has 432 valence electrons. The molecule has 1 aromatic carbocycles. The number of carbonyl (C=O) groups is 1. The van der Waals surface area contributed by atoms with Gasteiger partial charge in [-0.15, -0.1) is 24.0 Å². The minimum Gasteiger partial charge on any atom is -0.478 e. The highest BCUT2D eigenvalue weighted by molar-refractivity contribution is 14.1. The van der Waals surface area contributed by atoms with Gasteiger partial charge >= 0.3 is 5.97 Å². The Balaban J connectivity index is 0.000000147. The monoisotopic (exact) mass is 1470 g/mol. The van der Waals surface area contributed by atoms with E-state index in [1.807, 2.05) is 121 Å². The summed E-state index contributed by atoms with van der Waals surface area (Å²) in [7, 11) is 0. The van der Waals surface area contributed by atoms with Crippen LogP contribution >= 0.6 is 69.2 Å². The Kier molecular flexibility index (Phi) is 19.6. The van der Waals surface area contributed by atoms with Gasteiger partial charge < -0.3 is 32.9 Å². The van der Waals surface area contributed by atoms with Crippen LogP contribution in [0.3, 0.4) is 0 Å². The van der Waals surface area contributed by atoms with Crippen molar-refractivity contribution >= 4 is 101 Å². The van der Waals surface area contributed by atoms with Crippen LogP contribution in [0.2, 0.25) is 0 Å². The van der Waals surface area contributed by atoms with E-state index in [9.17, 15) is 9.90 Å². The zero-order valence-electron chi connectivity index (χ0n) is 48.0. The van der Waals surface area contributed by atoms with Crippen molar-refractivity contribution in [2.24, 2.45) is 0 Å². The normalized spacial score (nSPS) is 12.6. The van der Waals surface area contributed by atoms with Crippen LogP contribution in [0.5, 0.6) is 0 Å². The number of aliphatic hydroxyl groups is 1. The van der Waals surface area contributed by atoms with E-state index < -0.39 is 12.1 Å². The standard InChI is InChI=1S/C26H22N4O3.C19H17IN4O.C13H11IN2O.C7H9NO.HI/c1-15-24(17(3)33-29-15)20-12-23-25(28-13-20)21(18-7-9-19(10-8-18)26(31)32)14-30(23)16(2)22-6-4-5-11-27-22;1-11-18(13(3)25-23-11)14-8-17-19(22-9-14)15(20)10-24(17)12(2)16-6-4-5-7-21-16;1-7-12(8(2)17-16-7)10-5-9-3-4-11(14)13(9)15-6-10;1-6(9)7-4-2-3-5-8-7;/h4-14,16H,1-3H3,(H,31,32);4-10,12H,1-3H3;4-6H,3H2,1-2H3;2-6,9H,1H3;1H/t16-;12-;;6-;/m00.1./s1. The largest absolute Gasteiger partial charge is 0.478 e. The van der Waals surface area contributed by atoms with Crippen molar-refractivity contribution in [2.45, 2.75) is 86.9 Å². The predicted molar refractivity (Wildman–Crippen MR) is 356 cm³/mol. The molecule has 85 heavy (non-hydrogen) atoms. The summed E-state index contributed by atoms with van der Waals surface area (Å²) in [6.45, 7) is 17.5. The SMILES string of the molecule is C[C@@H](O)c1ccccn1.Cc1noc(C)c1-c1cnc2c(-c3ccc(C(=O)O)cc3)cn([C@@H](C)c3ccccn3)c2c1.Cc1noc(C)c1-c1cnc2c(I)cn([C@@H](C)c3ccccn3)c2c1.Cc1noc(C)c1-c1cnc2c(c1)CC=C2I.I. The third-order valence-corrected chi connectivity index (χ3v) is 16.3. The fourth-order valence-electron chi connectivity index (χ4n) is 10.3. The van der Waals surface area contributed by atoms with E-state index in [2.05, 4.69) is 146 Å². The molecule has 17 nitrogen and oxygen atoms in total. The highest BCUT2D eigenvalue weighted by Crippen LogP contribution is 2.38. The maximum atomic E-state index is 11.3. The van der Waals surface area contributed by atoms with Gasteiger partial charge in [0.05, 0.1) is 83.7 Å². The molecule has 0 spiro atoms. The number of halogens is 3. The van der Waals surface area contributed by atoms with E-state index in [-0.39, 0.29) is 41.6 Å². The molecule has 0 saturated carbocycles. The Bertz CT molecular complexity index is 4270. The van der Waals surface area contributed by atoms with Crippen LogP contribution in [-0.2, 0) is 6.42 Å². The van der Waals surface area contributed by atoms with Crippen LogP contribution in [0.25, 0.3) is 70.2 Å². The van der Waals surface area contributed by atoms with E-state index in [0.29, 0.717) is 0 Å². The Morgan fingerprint density at radius 2 is 1.00 bits per heavy atom. The van der Waals surface area contributed by atoms with E-state index in [1.54, 1.807) is 37.5 Å². The fourth-order valence-corrected chi connectivity index (χ4v) is 11.7. The second-order valence-electron chi connectivity index (χ2n) is 20.3. The minimum atomic E-state index is -0.949. The Morgan fingerprint density at radius 3 is 1.44 bits per heavy atom. The van der Waals surface area contributed by atoms with E-state index >= 15 is 0 Å². The Hall–Kier alpha value is -7.81. The van der Waals surface area contributed by atoms with Crippen LogP contribution in [-0.4, -0.2) is 70.7 Å². The molecule has 0 radical (unpaired) electrons. The van der Waals surface area contributed by atoms with Crippen molar-refractivity contribution in [3.05, 3.63) is 225 Å². The van der Waals surface area contributed by atoms with Gasteiger partial charge in [-0.05, 0) is 192 Å². The van der Waals surface area contributed by atoms with Gasteiger partial charge in [-0.2, -0.15) is 0 Å². The van der Waals surface area contributed by atoms with Crippen LogP contribution in [0.15, 0.2) is 166 Å². The summed E-state index contributed by atoms with van der Waals surface area (Å²) in [5.41, 5.74) is 19.7. The highest BCUT2D eigenvalue weighted by atomic mass is 127. The summed E-state index contributed by atoms with van der Waals surface area (Å²) in [6.07, 6.45) is 17.8. The quantitative estimate of drug-likeness (QED) is 0.122. The van der Waals surface area contributed by atoms with E-state index in [0.717, 1.165) is 134 Å². The van der Waals surface area contributed by atoms with E-state index in [4.69, 9.17) is 28.6 Å². The number of benzene rings is 1. The van der Waals surface area contributed by atoms with Gasteiger partial charge in [0.1, 0.15) is 22.8 Å². The summed E-state index contributed by atoms with van der Waals surface area (Å²) < 4.78 is 22.6. The van der Waals surface area contributed by atoms with Crippen molar-refractivity contribution in [1.82, 2.24) is 54.5 Å². The molecule has 13 rings (SSSR count). The molecule has 1 aliphatic carbocycles. The van der Waals surface area contributed by atoms with Gasteiger partial charge in [0.15, 0.2) is 0 Å². The van der Waals surface area contributed by atoms with Crippen molar-refractivity contribution in [2.75, 3.05) is 0 Å². The van der Waals surface area contributed by atoms with E-state index in [1.165, 1.54) is 9.14 Å². The minimum absolute atomic E-state index is 0. The Labute approximate surface area is 535 Å². The molecular weight excluding hydrogens is 1410 g/mol. The summed E-state index contributed by atoms with van der Waals surface area (Å²) in [5, 5.41) is 30.3. The van der Waals surface area contributed by atoms with Gasteiger partial charge in [0, 0.05) is 92.1 Å². The zero-order chi connectivity index (χ0) is 59.3. The number of aromatic carboxylic acids is 1. The second-order valence-corrected chi connectivity index (χ2v) is 22.6. The van der Waals surface area contributed by atoms with Crippen molar-refractivity contribution < 1.29 is 28.6 Å². The van der Waals surface area contributed by atoms with Crippen LogP contribution in [0, 0.1) is 45.1 Å². The fraction of sp³-hybridized carbons (Fsp3) is 0.200. The smallest absolute Gasteiger partial charge is 0.335 e. The lowest BCUT2D eigenvalue weighted by Crippen LogP contribution is -2.07. The molecular formula is C65H60I3N11O6. The van der Waals surface area contributed by atoms with Gasteiger partial charge in [0.25, 0.3) is 0 Å². The molecule has 20 heteroatoms. The molecule has 0 amide bonds. The first-order valence-electron chi connectivity index (χ1n) is 27.0.